The first-order chi connectivity index (χ1) is 13.9. The average molecular weight is 414 g/mol. The number of benzene rings is 2. The van der Waals surface area contributed by atoms with Crippen LogP contribution in [0.1, 0.15) is 16.1 Å². The van der Waals surface area contributed by atoms with Gasteiger partial charge in [-0.3, -0.25) is 9.78 Å². The maximum absolute atomic E-state index is 13.9. The number of hydrogen-bond donors (Lipinski definition) is 1. The number of rotatable bonds is 5. The summed E-state index contributed by atoms with van der Waals surface area (Å²) in [6, 6.07) is 11.4. The number of nitrogens with zero attached hydrogens (tertiary/aromatic N) is 2. The molecule has 0 aliphatic heterocycles. The number of fused-ring (bicyclic) bond motifs is 1. The number of carboxylic acids is 1. The summed E-state index contributed by atoms with van der Waals surface area (Å²) < 4.78 is 41.2. The van der Waals surface area contributed by atoms with Crippen LogP contribution in [-0.2, 0) is 17.6 Å². The third kappa shape index (κ3) is 3.84. The molecule has 8 heteroatoms. The van der Waals surface area contributed by atoms with Gasteiger partial charge in [0.2, 0.25) is 0 Å². The van der Waals surface area contributed by atoms with Crippen LogP contribution in [0.3, 0.4) is 0 Å². The van der Waals surface area contributed by atoms with E-state index in [1.807, 2.05) is 30.3 Å². The second-order valence-electron chi connectivity index (χ2n) is 6.40. The average Bonchev–Trinajstić information content (AvgIpc) is 3.11. The van der Waals surface area contributed by atoms with E-state index in [2.05, 4.69) is 9.97 Å². The Kier molecular flexibility index (Phi) is 5.02. The Bertz CT molecular complexity index is 1230. The largest absolute Gasteiger partial charge is 0.481 e. The van der Waals surface area contributed by atoms with Crippen LogP contribution in [0.25, 0.3) is 21.5 Å². The van der Waals surface area contributed by atoms with Gasteiger partial charge in [-0.25, -0.2) is 18.2 Å². The van der Waals surface area contributed by atoms with Crippen molar-refractivity contribution < 1.29 is 23.1 Å². The predicted octanol–water partition coefficient (Wildman–Crippen LogP) is 4.99. The van der Waals surface area contributed by atoms with Gasteiger partial charge in [-0.2, -0.15) is 0 Å². The van der Waals surface area contributed by atoms with E-state index in [9.17, 15) is 23.1 Å². The SMILES string of the molecule is O=C(O)Cc1cc(Cc2nc3c(F)c(F)cc(F)c3s2)cnc1-c1ccccc1. The number of carbonyl (C=O) groups is 1. The number of halogens is 3. The molecule has 0 aliphatic carbocycles. The summed E-state index contributed by atoms with van der Waals surface area (Å²) in [6.07, 6.45) is 1.54. The van der Waals surface area contributed by atoms with Gasteiger partial charge >= 0.3 is 5.97 Å². The lowest BCUT2D eigenvalue weighted by atomic mass is 10.0. The number of pyridine rings is 1. The van der Waals surface area contributed by atoms with Crippen LogP contribution in [0.2, 0.25) is 0 Å². The molecule has 0 spiro atoms. The summed E-state index contributed by atoms with van der Waals surface area (Å²) in [6.45, 7) is 0. The van der Waals surface area contributed by atoms with Gasteiger partial charge in [0.15, 0.2) is 11.6 Å². The molecule has 0 aliphatic rings. The van der Waals surface area contributed by atoms with Crippen LogP contribution in [-0.4, -0.2) is 21.0 Å². The van der Waals surface area contributed by atoms with Crippen molar-refractivity contribution in [3.8, 4) is 11.3 Å². The van der Waals surface area contributed by atoms with Crippen LogP contribution in [0.15, 0.2) is 48.7 Å². The van der Waals surface area contributed by atoms with Crippen molar-refractivity contribution in [3.63, 3.8) is 0 Å². The van der Waals surface area contributed by atoms with E-state index in [1.54, 1.807) is 12.3 Å². The Hall–Kier alpha value is -3.26. The highest BCUT2D eigenvalue weighted by Crippen LogP contribution is 2.30. The summed E-state index contributed by atoms with van der Waals surface area (Å²) in [5.41, 5.74) is 2.16. The Labute approximate surface area is 167 Å². The summed E-state index contributed by atoms with van der Waals surface area (Å²) in [7, 11) is 0. The molecular formula is C21H13F3N2O2S. The van der Waals surface area contributed by atoms with Gasteiger partial charge in [-0.1, -0.05) is 36.4 Å². The van der Waals surface area contributed by atoms with E-state index >= 15 is 0 Å². The Morgan fingerprint density at radius 1 is 1.07 bits per heavy atom. The third-order valence-corrected chi connectivity index (χ3v) is 5.39. The second kappa shape index (κ2) is 7.63. The molecule has 0 saturated heterocycles. The van der Waals surface area contributed by atoms with E-state index in [0.717, 1.165) is 16.9 Å². The molecule has 4 nitrogen and oxygen atoms in total. The molecule has 0 fully saturated rings. The van der Waals surface area contributed by atoms with Crippen molar-refractivity contribution >= 4 is 27.5 Å². The van der Waals surface area contributed by atoms with Crippen molar-refractivity contribution in [2.45, 2.75) is 12.8 Å². The highest BCUT2D eigenvalue weighted by molar-refractivity contribution is 7.18. The molecule has 2 aromatic carbocycles. The first kappa shape index (κ1) is 19.1. The van der Waals surface area contributed by atoms with Gasteiger partial charge in [0.05, 0.1) is 21.8 Å². The minimum absolute atomic E-state index is 0.0569. The lowest BCUT2D eigenvalue weighted by Crippen LogP contribution is -2.04. The van der Waals surface area contributed by atoms with Crippen molar-refractivity contribution in [2.24, 2.45) is 0 Å². The highest BCUT2D eigenvalue weighted by Gasteiger charge is 2.18. The molecule has 4 rings (SSSR count). The number of aliphatic carboxylic acids is 1. The maximum Gasteiger partial charge on any atom is 0.307 e. The molecule has 146 valence electrons. The van der Waals surface area contributed by atoms with E-state index in [1.165, 1.54) is 0 Å². The minimum Gasteiger partial charge on any atom is -0.481 e. The molecule has 1 N–H and O–H groups in total. The molecular weight excluding hydrogens is 401 g/mol. The first-order valence-corrected chi connectivity index (χ1v) is 9.42. The zero-order chi connectivity index (χ0) is 20.5. The van der Waals surface area contributed by atoms with Gasteiger partial charge in [0, 0.05) is 24.2 Å². The van der Waals surface area contributed by atoms with E-state index in [0.29, 0.717) is 27.9 Å². The van der Waals surface area contributed by atoms with Gasteiger partial charge in [-0.15, -0.1) is 11.3 Å². The van der Waals surface area contributed by atoms with Crippen LogP contribution >= 0.6 is 11.3 Å². The predicted molar refractivity (Wildman–Crippen MR) is 103 cm³/mol. The monoisotopic (exact) mass is 414 g/mol. The van der Waals surface area contributed by atoms with Gasteiger partial charge in [-0.05, 0) is 11.1 Å². The van der Waals surface area contributed by atoms with Crippen molar-refractivity contribution in [3.05, 3.63) is 82.2 Å². The minimum atomic E-state index is -1.29. The highest BCUT2D eigenvalue weighted by atomic mass is 32.1. The van der Waals surface area contributed by atoms with Crippen molar-refractivity contribution in [1.29, 1.82) is 0 Å². The fourth-order valence-corrected chi connectivity index (χ4v) is 4.09. The molecule has 4 aromatic rings. The molecule has 0 amide bonds. The van der Waals surface area contributed by atoms with E-state index in [4.69, 9.17) is 0 Å². The van der Waals surface area contributed by atoms with Crippen LogP contribution in [0, 0.1) is 17.5 Å². The summed E-state index contributed by atoms with van der Waals surface area (Å²) in [4.78, 5) is 19.7. The molecule has 0 atom stereocenters. The number of thiazole rings is 1. The molecule has 2 heterocycles. The molecule has 2 aromatic heterocycles. The van der Waals surface area contributed by atoms with E-state index in [-0.39, 0.29) is 23.1 Å². The summed E-state index contributed by atoms with van der Waals surface area (Å²) in [5.74, 6) is -4.34. The van der Waals surface area contributed by atoms with Crippen LogP contribution in [0.5, 0.6) is 0 Å². The van der Waals surface area contributed by atoms with Crippen molar-refractivity contribution in [2.75, 3.05) is 0 Å². The normalized spacial score (nSPS) is 11.1. The number of hydrogen-bond acceptors (Lipinski definition) is 4. The Balaban J connectivity index is 1.72. The molecule has 0 unspecified atom stereocenters. The fraction of sp³-hybridized carbons (Fsp3) is 0.0952. The second-order valence-corrected chi connectivity index (χ2v) is 7.49. The molecule has 29 heavy (non-hydrogen) atoms. The molecule has 0 radical (unpaired) electrons. The zero-order valence-corrected chi connectivity index (χ0v) is 15.6. The first-order valence-electron chi connectivity index (χ1n) is 8.60. The lowest BCUT2D eigenvalue weighted by Gasteiger charge is -2.09. The quantitative estimate of drug-likeness (QED) is 0.467. The van der Waals surface area contributed by atoms with Crippen molar-refractivity contribution in [1.82, 2.24) is 9.97 Å². The van der Waals surface area contributed by atoms with Crippen LogP contribution < -0.4 is 0 Å². The number of aromatic nitrogens is 2. The zero-order valence-electron chi connectivity index (χ0n) is 14.8. The van der Waals surface area contributed by atoms with Gasteiger partial charge < -0.3 is 5.11 Å². The number of carboxylic acid groups (broad SMARTS) is 1. The Morgan fingerprint density at radius 3 is 2.55 bits per heavy atom. The third-order valence-electron chi connectivity index (χ3n) is 4.33. The van der Waals surface area contributed by atoms with Gasteiger partial charge in [0.25, 0.3) is 0 Å². The molecule has 0 bridgehead atoms. The van der Waals surface area contributed by atoms with Crippen LogP contribution in [0.4, 0.5) is 13.2 Å². The topological polar surface area (TPSA) is 63.1 Å². The maximum atomic E-state index is 13.9. The fourth-order valence-electron chi connectivity index (χ4n) is 3.09. The van der Waals surface area contributed by atoms with E-state index < -0.39 is 23.4 Å². The summed E-state index contributed by atoms with van der Waals surface area (Å²) >= 11 is 0.925. The Morgan fingerprint density at radius 2 is 1.83 bits per heavy atom. The standard InChI is InChI=1S/C21H13F3N2O2S/c22-14-9-15(23)21-20(18(14)24)26-16(29-21)7-11-6-13(8-17(27)28)19(25-10-11)12-4-2-1-3-5-12/h1-6,9-10H,7-8H2,(H,27,28). The molecule has 0 saturated carbocycles. The lowest BCUT2D eigenvalue weighted by molar-refractivity contribution is -0.136. The summed E-state index contributed by atoms with van der Waals surface area (Å²) in [5, 5.41) is 9.62. The smallest absolute Gasteiger partial charge is 0.307 e. The van der Waals surface area contributed by atoms with Gasteiger partial charge in [0.1, 0.15) is 11.3 Å².